The molecule has 0 aliphatic heterocycles. The van der Waals surface area contributed by atoms with E-state index in [-0.39, 0.29) is 24.5 Å². The Kier molecular flexibility index (Phi) is 44.9. The number of rotatable bonds is 45. The van der Waals surface area contributed by atoms with Crippen molar-refractivity contribution < 1.29 is 24.2 Å². The van der Waals surface area contributed by atoms with Gasteiger partial charge in [-0.2, -0.15) is 0 Å². The Morgan fingerprint density at radius 1 is 0.448 bits per heavy atom. The molecule has 336 valence electrons. The average Bonchev–Trinajstić information content (AvgIpc) is 3.21. The number of allylic oxidation sites excluding steroid dienone is 8. The fourth-order valence-corrected chi connectivity index (χ4v) is 7.28. The van der Waals surface area contributed by atoms with Crippen LogP contribution < -0.4 is 5.32 Å². The number of esters is 1. The van der Waals surface area contributed by atoms with E-state index >= 15 is 0 Å². The van der Waals surface area contributed by atoms with Gasteiger partial charge in [-0.1, -0.05) is 184 Å². The Morgan fingerprint density at radius 2 is 0.793 bits per heavy atom. The molecule has 0 saturated carbocycles. The van der Waals surface area contributed by atoms with Crippen LogP contribution >= 0.6 is 0 Å². The lowest BCUT2D eigenvalue weighted by molar-refractivity contribution is -0.150. The molecular formula is C52H93NO5. The highest BCUT2D eigenvalue weighted by molar-refractivity contribution is 5.80. The van der Waals surface area contributed by atoms with Crippen LogP contribution in [0, 0.1) is 0 Å². The summed E-state index contributed by atoms with van der Waals surface area (Å²) >= 11 is 0. The summed E-state index contributed by atoms with van der Waals surface area (Å²) in [6.07, 6.45) is 61.0. The van der Waals surface area contributed by atoms with Gasteiger partial charge in [-0.15, -0.1) is 0 Å². The molecule has 0 spiro atoms. The molecule has 1 unspecified atom stereocenters. The Morgan fingerprint density at radius 3 is 1.21 bits per heavy atom. The Hall–Kier alpha value is -2.63. The largest absolute Gasteiger partial charge is 0.480 e. The lowest BCUT2D eigenvalue weighted by Crippen LogP contribution is -2.28. The summed E-state index contributed by atoms with van der Waals surface area (Å²) in [7, 11) is 0. The van der Waals surface area contributed by atoms with E-state index < -0.39 is 5.97 Å². The molecule has 2 N–H and O–H groups in total. The molecule has 0 fully saturated rings. The number of carbonyl (C=O) groups is 3. The van der Waals surface area contributed by atoms with Gasteiger partial charge in [0, 0.05) is 12.8 Å². The molecule has 0 aliphatic rings. The molecule has 0 saturated heterocycles. The lowest BCUT2D eigenvalue weighted by atomic mass is 10.0. The minimum Gasteiger partial charge on any atom is -0.480 e. The molecule has 1 atom stereocenters. The van der Waals surface area contributed by atoms with Crippen molar-refractivity contribution in [2.45, 2.75) is 258 Å². The highest BCUT2D eigenvalue weighted by Crippen LogP contribution is 2.19. The van der Waals surface area contributed by atoms with Gasteiger partial charge in [-0.3, -0.25) is 14.4 Å². The van der Waals surface area contributed by atoms with E-state index in [1.165, 1.54) is 135 Å². The number of carboxylic acids is 1. The molecule has 6 nitrogen and oxygen atoms in total. The van der Waals surface area contributed by atoms with Crippen molar-refractivity contribution in [2.24, 2.45) is 0 Å². The van der Waals surface area contributed by atoms with Gasteiger partial charge in [-0.25, -0.2) is 0 Å². The number of carbonyl (C=O) groups excluding carboxylic acids is 2. The van der Waals surface area contributed by atoms with Crippen molar-refractivity contribution in [2.75, 3.05) is 6.54 Å². The molecule has 1 amide bonds. The van der Waals surface area contributed by atoms with Crippen LogP contribution in [0.2, 0.25) is 0 Å². The Labute approximate surface area is 359 Å². The molecule has 0 aromatic rings. The summed E-state index contributed by atoms with van der Waals surface area (Å²) in [6.45, 7) is 4.22. The van der Waals surface area contributed by atoms with Gasteiger partial charge >= 0.3 is 11.9 Å². The quantitative estimate of drug-likeness (QED) is 0.0363. The third-order valence-corrected chi connectivity index (χ3v) is 11.0. The number of carboxylic acid groups (broad SMARTS) is 1. The molecule has 0 aliphatic carbocycles. The molecule has 6 heteroatoms. The monoisotopic (exact) mass is 812 g/mol. The molecule has 0 radical (unpaired) electrons. The average molecular weight is 812 g/mol. The number of aliphatic carboxylic acids is 1. The fraction of sp³-hybridized carbons (Fsp3) is 0.788. The first-order valence-corrected chi connectivity index (χ1v) is 24.8. The Bertz CT molecular complexity index is 1030. The standard InChI is InChI=1S/C52H93NO5/c1-3-5-7-9-11-13-15-17-19-20-21-22-23-24-26-28-30-32-34-39-43-47-52(57)58-49(45-41-37-35-38-42-46-50(54)53-48-51(55)56)44-40-36-33-31-29-27-25-18-16-14-12-10-8-6-4-2/h15-18,20-21,27,29,49H,3-14,19,22-26,28,30-48H2,1-2H3,(H,53,54)(H,55,56)/b17-15-,18-16-,21-20-,29-27-. The van der Waals surface area contributed by atoms with E-state index in [0.717, 1.165) is 89.9 Å². The third-order valence-electron chi connectivity index (χ3n) is 11.0. The number of ether oxygens (including phenoxy) is 1. The van der Waals surface area contributed by atoms with Crippen LogP contribution in [0.4, 0.5) is 0 Å². The minimum atomic E-state index is -1.02. The van der Waals surface area contributed by atoms with Gasteiger partial charge in [0.05, 0.1) is 0 Å². The van der Waals surface area contributed by atoms with Gasteiger partial charge < -0.3 is 15.2 Å². The van der Waals surface area contributed by atoms with E-state index in [1.54, 1.807) is 0 Å². The maximum absolute atomic E-state index is 12.8. The normalized spacial score (nSPS) is 12.4. The summed E-state index contributed by atoms with van der Waals surface area (Å²) in [4.78, 5) is 35.2. The van der Waals surface area contributed by atoms with Gasteiger partial charge in [0.2, 0.25) is 5.91 Å². The van der Waals surface area contributed by atoms with Crippen molar-refractivity contribution >= 4 is 17.8 Å². The molecule has 0 bridgehead atoms. The second-order valence-electron chi connectivity index (χ2n) is 16.7. The number of hydrogen-bond acceptors (Lipinski definition) is 4. The first kappa shape index (κ1) is 55.4. The minimum absolute atomic E-state index is 0.000758. The second-order valence-corrected chi connectivity index (χ2v) is 16.7. The molecule has 0 heterocycles. The van der Waals surface area contributed by atoms with Crippen LogP contribution in [-0.2, 0) is 19.1 Å². The van der Waals surface area contributed by atoms with Crippen LogP contribution in [0.3, 0.4) is 0 Å². The van der Waals surface area contributed by atoms with Crippen LogP contribution in [0.1, 0.15) is 251 Å². The van der Waals surface area contributed by atoms with E-state index in [9.17, 15) is 14.4 Å². The molecule has 0 aromatic heterocycles. The zero-order chi connectivity index (χ0) is 42.3. The molecule has 0 aromatic carbocycles. The van der Waals surface area contributed by atoms with Crippen LogP contribution in [0.15, 0.2) is 48.6 Å². The van der Waals surface area contributed by atoms with E-state index in [1.807, 2.05) is 0 Å². The summed E-state index contributed by atoms with van der Waals surface area (Å²) in [5.41, 5.74) is 0. The SMILES string of the molecule is CCCCCCC/C=C\C/C=C\CCCCCCCCCCCC(=O)OC(CCCCC/C=C\C/C=C\CCCCCCC)CCCCCCCC(=O)NCC(=O)O. The number of nitrogens with one attached hydrogen (secondary N) is 1. The molecule has 58 heavy (non-hydrogen) atoms. The fourth-order valence-electron chi connectivity index (χ4n) is 7.28. The van der Waals surface area contributed by atoms with Gasteiger partial charge in [0.15, 0.2) is 0 Å². The topological polar surface area (TPSA) is 92.7 Å². The third kappa shape index (κ3) is 46.1. The number of hydrogen-bond donors (Lipinski definition) is 2. The molecular weight excluding hydrogens is 719 g/mol. The summed E-state index contributed by atoms with van der Waals surface area (Å²) in [6, 6.07) is 0. The van der Waals surface area contributed by atoms with Gasteiger partial charge in [0.1, 0.15) is 12.6 Å². The predicted octanol–water partition coefficient (Wildman–Crippen LogP) is 15.8. The maximum atomic E-state index is 12.8. The summed E-state index contributed by atoms with van der Waals surface area (Å²) in [5.74, 6) is -1.25. The first-order chi connectivity index (χ1) is 28.5. The van der Waals surface area contributed by atoms with Crippen molar-refractivity contribution in [3.05, 3.63) is 48.6 Å². The maximum Gasteiger partial charge on any atom is 0.322 e. The van der Waals surface area contributed by atoms with E-state index in [2.05, 4.69) is 67.8 Å². The molecule has 0 rings (SSSR count). The van der Waals surface area contributed by atoms with Crippen molar-refractivity contribution in [1.29, 1.82) is 0 Å². The zero-order valence-electron chi connectivity index (χ0n) is 38.1. The van der Waals surface area contributed by atoms with Crippen LogP contribution in [-0.4, -0.2) is 35.6 Å². The van der Waals surface area contributed by atoms with E-state index in [4.69, 9.17) is 9.84 Å². The summed E-state index contributed by atoms with van der Waals surface area (Å²) < 4.78 is 6.05. The first-order valence-electron chi connectivity index (χ1n) is 24.8. The number of amides is 1. The summed E-state index contributed by atoms with van der Waals surface area (Å²) in [5, 5.41) is 11.1. The lowest BCUT2D eigenvalue weighted by Gasteiger charge is -2.18. The highest BCUT2D eigenvalue weighted by atomic mass is 16.5. The Balaban J connectivity index is 4.16. The second kappa shape index (κ2) is 47.1. The van der Waals surface area contributed by atoms with Crippen LogP contribution in [0.25, 0.3) is 0 Å². The van der Waals surface area contributed by atoms with Crippen molar-refractivity contribution in [1.82, 2.24) is 5.32 Å². The predicted molar refractivity (Wildman–Crippen MR) is 249 cm³/mol. The van der Waals surface area contributed by atoms with Gasteiger partial charge in [0.25, 0.3) is 0 Å². The van der Waals surface area contributed by atoms with E-state index in [0.29, 0.717) is 12.8 Å². The highest BCUT2D eigenvalue weighted by Gasteiger charge is 2.14. The van der Waals surface area contributed by atoms with Gasteiger partial charge in [-0.05, 0) is 103 Å². The zero-order valence-corrected chi connectivity index (χ0v) is 38.1. The number of unbranched alkanes of at least 4 members (excludes halogenated alkanes) is 26. The van der Waals surface area contributed by atoms with Crippen LogP contribution in [0.5, 0.6) is 0 Å². The van der Waals surface area contributed by atoms with Crippen molar-refractivity contribution in [3.8, 4) is 0 Å². The van der Waals surface area contributed by atoms with Crippen molar-refractivity contribution in [3.63, 3.8) is 0 Å². The smallest absolute Gasteiger partial charge is 0.322 e.